The number of carbonyl (C=O) groups excluding carboxylic acids is 1. The Morgan fingerprint density at radius 1 is 1.15 bits per heavy atom. The number of rotatable bonds is 7. The van der Waals surface area contributed by atoms with Gasteiger partial charge in [-0.2, -0.15) is 0 Å². The molecule has 0 aliphatic rings. The van der Waals surface area contributed by atoms with Crippen molar-refractivity contribution in [2.45, 2.75) is 29.7 Å². The van der Waals surface area contributed by atoms with Crippen molar-refractivity contribution in [3.05, 3.63) is 48.0 Å². The van der Waals surface area contributed by atoms with Crippen molar-refractivity contribution in [2.24, 2.45) is 0 Å². The van der Waals surface area contributed by atoms with E-state index in [1.165, 1.54) is 25.3 Å². The van der Waals surface area contributed by atoms with Crippen LogP contribution in [0.4, 0.5) is 5.69 Å². The van der Waals surface area contributed by atoms with Gasteiger partial charge in [-0.3, -0.25) is 4.79 Å². The number of hydrogen-bond donors (Lipinski definition) is 2. The molecule has 140 valence electrons. The average Bonchev–Trinajstić information content (AvgIpc) is 2.60. The Hall–Kier alpha value is -2.03. The maximum atomic E-state index is 12.5. The van der Waals surface area contributed by atoms with Crippen LogP contribution in [-0.4, -0.2) is 33.7 Å². The number of amides is 1. The lowest BCUT2D eigenvalue weighted by Gasteiger charge is -2.14. The second-order valence-corrected chi connectivity index (χ2v) is 8.39. The highest BCUT2D eigenvalue weighted by Crippen LogP contribution is 2.26. The molecule has 8 heteroatoms. The molecule has 1 amide bonds. The van der Waals surface area contributed by atoms with Crippen molar-refractivity contribution in [3.8, 4) is 5.75 Å². The summed E-state index contributed by atoms with van der Waals surface area (Å²) in [5, 5.41) is 2.78. The molecule has 0 aromatic heterocycles. The Morgan fingerprint density at radius 3 is 2.50 bits per heavy atom. The highest BCUT2D eigenvalue weighted by atomic mass is 32.2. The molecule has 0 atom stereocenters. The Kier molecular flexibility index (Phi) is 6.69. The van der Waals surface area contributed by atoms with Gasteiger partial charge in [0.2, 0.25) is 10.0 Å². The van der Waals surface area contributed by atoms with Gasteiger partial charge in [-0.1, -0.05) is 6.07 Å². The number of ether oxygens (including phenoxy) is 1. The smallest absolute Gasteiger partial charge is 0.255 e. The van der Waals surface area contributed by atoms with Crippen LogP contribution >= 0.6 is 11.8 Å². The molecule has 0 aliphatic carbocycles. The molecule has 0 bridgehead atoms. The van der Waals surface area contributed by atoms with Crippen molar-refractivity contribution in [1.29, 1.82) is 0 Å². The molecule has 0 saturated carbocycles. The predicted octanol–water partition coefficient (Wildman–Crippen LogP) is 3.36. The number of carbonyl (C=O) groups is 1. The number of benzene rings is 2. The molecule has 6 nitrogen and oxygen atoms in total. The van der Waals surface area contributed by atoms with Crippen LogP contribution in [0.25, 0.3) is 0 Å². The van der Waals surface area contributed by atoms with Crippen LogP contribution in [0.5, 0.6) is 5.75 Å². The SMILES string of the molecule is COc1ccc(C(=O)Nc2cccc(SC)c2)cc1S(=O)(=O)NC(C)C. The summed E-state index contributed by atoms with van der Waals surface area (Å²) >= 11 is 1.57. The fourth-order valence-corrected chi connectivity index (χ4v) is 4.21. The summed E-state index contributed by atoms with van der Waals surface area (Å²) in [4.78, 5) is 13.5. The number of nitrogens with one attached hydrogen (secondary N) is 2. The third kappa shape index (κ3) is 5.00. The normalized spacial score (nSPS) is 11.4. The van der Waals surface area contributed by atoms with E-state index in [4.69, 9.17) is 4.74 Å². The maximum Gasteiger partial charge on any atom is 0.255 e. The topological polar surface area (TPSA) is 84.5 Å². The standard InChI is InChI=1S/C18H22N2O4S2/c1-12(2)20-26(22,23)17-10-13(8-9-16(17)24-3)18(21)19-14-6-5-7-15(11-14)25-4/h5-12,20H,1-4H3,(H,19,21). The van der Waals surface area contributed by atoms with Crippen molar-refractivity contribution in [1.82, 2.24) is 4.72 Å². The molecule has 2 aromatic carbocycles. The van der Waals surface area contributed by atoms with E-state index in [1.807, 2.05) is 24.5 Å². The lowest BCUT2D eigenvalue weighted by Crippen LogP contribution is -2.30. The number of sulfonamides is 1. The third-order valence-electron chi connectivity index (χ3n) is 3.43. The molecule has 0 unspecified atom stereocenters. The van der Waals surface area contributed by atoms with Gasteiger partial charge in [0.1, 0.15) is 10.6 Å². The van der Waals surface area contributed by atoms with Gasteiger partial charge in [-0.15, -0.1) is 11.8 Å². The molecular formula is C18H22N2O4S2. The molecule has 2 aromatic rings. The first-order chi connectivity index (χ1) is 12.3. The van der Waals surface area contributed by atoms with E-state index in [0.717, 1.165) is 4.90 Å². The van der Waals surface area contributed by atoms with E-state index in [1.54, 1.807) is 31.7 Å². The zero-order valence-electron chi connectivity index (χ0n) is 15.1. The molecule has 0 radical (unpaired) electrons. The van der Waals surface area contributed by atoms with Crippen LogP contribution in [0.2, 0.25) is 0 Å². The molecule has 0 saturated heterocycles. The molecule has 0 spiro atoms. The molecule has 26 heavy (non-hydrogen) atoms. The van der Waals surface area contributed by atoms with E-state index in [9.17, 15) is 13.2 Å². The monoisotopic (exact) mass is 394 g/mol. The zero-order chi connectivity index (χ0) is 19.3. The first-order valence-corrected chi connectivity index (χ1v) is 10.6. The van der Waals surface area contributed by atoms with Gasteiger partial charge in [-0.25, -0.2) is 13.1 Å². The van der Waals surface area contributed by atoms with Gasteiger partial charge in [0.25, 0.3) is 5.91 Å². The molecular weight excluding hydrogens is 372 g/mol. The van der Waals surface area contributed by atoms with Crippen LogP contribution < -0.4 is 14.8 Å². The van der Waals surface area contributed by atoms with Crippen LogP contribution in [0.3, 0.4) is 0 Å². The summed E-state index contributed by atoms with van der Waals surface area (Å²) in [5.41, 5.74) is 0.867. The molecule has 0 aliphatic heterocycles. The van der Waals surface area contributed by atoms with Crippen molar-refractivity contribution in [2.75, 3.05) is 18.7 Å². The van der Waals surface area contributed by atoms with Crippen molar-refractivity contribution < 1.29 is 17.9 Å². The fraction of sp³-hybridized carbons (Fsp3) is 0.278. The summed E-state index contributed by atoms with van der Waals surface area (Å²) in [5.74, 6) is -0.217. The largest absolute Gasteiger partial charge is 0.495 e. The second kappa shape index (κ2) is 8.57. The maximum absolute atomic E-state index is 12.5. The first-order valence-electron chi connectivity index (χ1n) is 7.92. The van der Waals surface area contributed by atoms with Gasteiger partial charge in [0.15, 0.2) is 0 Å². The van der Waals surface area contributed by atoms with Crippen molar-refractivity contribution in [3.63, 3.8) is 0 Å². The first kappa shape index (κ1) is 20.3. The lowest BCUT2D eigenvalue weighted by molar-refractivity contribution is 0.102. The highest BCUT2D eigenvalue weighted by Gasteiger charge is 2.22. The Bertz CT molecular complexity index is 896. The minimum absolute atomic E-state index is 0.0702. The molecule has 2 N–H and O–H groups in total. The van der Waals surface area contributed by atoms with Gasteiger partial charge in [-0.05, 0) is 56.5 Å². The molecule has 0 fully saturated rings. The summed E-state index contributed by atoms with van der Waals surface area (Å²) < 4.78 is 32.7. The zero-order valence-corrected chi connectivity index (χ0v) is 16.7. The predicted molar refractivity (Wildman–Crippen MR) is 105 cm³/mol. The van der Waals surface area contributed by atoms with Crippen LogP contribution in [0.1, 0.15) is 24.2 Å². The van der Waals surface area contributed by atoms with E-state index < -0.39 is 15.9 Å². The van der Waals surface area contributed by atoms with Crippen molar-refractivity contribution >= 4 is 33.4 Å². The van der Waals surface area contributed by atoms with Crippen LogP contribution in [0, 0.1) is 0 Å². The summed E-state index contributed by atoms with van der Waals surface area (Å²) in [6, 6.07) is 11.5. The minimum atomic E-state index is -3.80. The summed E-state index contributed by atoms with van der Waals surface area (Å²) in [6.07, 6.45) is 1.95. The Balaban J connectivity index is 2.35. The summed E-state index contributed by atoms with van der Waals surface area (Å²) in [6.45, 7) is 3.44. The number of thioether (sulfide) groups is 1. The van der Waals surface area contributed by atoms with E-state index in [0.29, 0.717) is 5.69 Å². The Labute approximate surface area is 158 Å². The number of anilines is 1. The quantitative estimate of drug-likeness (QED) is 0.704. The van der Waals surface area contributed by atoms with Gasteiger partial charge < -0.3 is 10.1 Å². The van der Waals surface area contributed by atoms with Crippen LogP contribution in [-0.2, 0) is 10.0 Å². The molecule has 2 rings (SSSR count). The summed E-state index contributed by atoms with van der Waals surface area (Å²) in [7, 11) is -2.41. The van der Waals surface area contributed by atoms with Gasteiger partial charge in [0, 0.05) is 22.2 Å². The highest BCUT2D eigenvalue weighted by molar-refractivity contribution is 7.98. The minimum Gasteiger partial charge on any atom is -0.495 e. The third-order valence-corrected chi connectivity index (χ3v) is 5.84. The Morgan fingerprint density at radius 2 is 1.88 bits per heavy atom. The van der Waals surface area contributed by atoms with E-state index in [2.05, 4.69) is 10.0 Å². The van der Waals surface area contributed by atoms with E-state index >= 15 is 0 Å². The molecule has 0 heterocycles. The van der Waals surface area contributed by atoms with E-state index in [-0.39, 0.29) is 22.3 Å². The average molecular weight is 395 g/mol. The number of methoxy groups -OCH3 is 1. The van der Waals surface area contributed by atoms with Crippen LogP contribution in [0.15, 0.2) is 52.3 Å². The van der Waals surface area contributed by atoms with Gasteiger partial charge >= 0.3 is 0 Å². The van der Waals surface area contributed by atoms with Gasteiger partial charge in [0.05, 0.1) is 7.11 Å². The number of hydrogen-bond acceptors (Lipinski definition) is 5. The lowest BCUT2D eigenvalue weighted by atomic mass is 10.2. The fourth-order valence-electron chi connectivity index (χ4n) is 2.31. The second-order valence-electron chi connectivity index (χ2n) is 5.83.